The molecule has 0 aliphatic heterocycles. The van der Waals surface area contributed by atoms with Gasteiger partial charge in [-0.2, -0.15) is 0 Å². The highest BCUT2D eigenvalue weighted by Gasteiger charge is 2.17. The molecule has 1 aliphatic carbocycles. The van der Waals surface area contributed by atoms with Gasteiger partial charge in [0, 0.05) is 0 Å². The zero-order valence-corrected chi connectivity index (χ0v) is 15.8. The van der Waals surface area contributed by atoms with E-state index >= 15 is 0 Å². The number of benzene rings is 2. The summed E-state index contributed by atoms with van der Waals surface area (Å²) in [7, 11) is 0. The lowest BCUT2D eigenvalue weighted by Gasteiger charge is -2.16. The summed E-state index contributed by atoms with van der Waals surface area (Å²) in [5, 5.41) is 0. The van der Waals surface area contributed by atoms with Crippen LogP contribution < -0.4 is 0 Å². The molecule has 0 nitrogen and oxygen atoms in total. The Kier molecular flexibility index (Phi) is 4.94. The highest BCUT2D eigenvalue weighted by atomic mass is 14.2. The molecule has 0 aromatic heterocycles. The molecule has 0 spiro atoms. The molecule has 0 radical (unpaired) electrons. The van der Waals surface area contributed by atoms with Crippen molar-refractivity contribution < 1.29 is 0 Å². The van der Waals surface area contributed by atoms with Gasteiger partial charge in [0.25, 0.3) is 0 Å². The maximum absolute atomic E-state index is 2.45. The average molecular weight is 319 g/mol. The van der Waals surface area contributed by atoms with E-state index in [9.17, 15) is 0 Å². The molecule has 0 unspecified atom stereocenters. The van der Waals surface area contributed by atoms with Crippen molar-refractivity contribution in [2.75, 3.05) is 0 Å². The lowest BCUT2D eigenvalue weighted by molar-refractivity contribution is 0.834. The summed E-state index contributed by atoms with van der Waals surface area (Å²) in [5.74, 6) is 1.12. The number of hydrogen-bond donors (Lipinski definition) is 0. The molecule has 0 amide bonds. The zero-order valence-electron chi connectivity index (χ0n) is 15.8. The van der Waals surface area contributed by atoms with E-state index < -0.39 is 0 Å². The molecule has 126 valence electrons. The molecular weight excluding hydrogens is 288 g/mol. The Hall–Kier alpha value is -1.82. The summed E-state index contributed by atoms with van der Waals surface area (Å²) in [6.07, 6.45) is 6.04. The van der Waals surface area contributed by atoms with Crippen molar-refractivity contribution in [3.05, 3.63) is 64.2 Å². The summed E-state index contributed by atoms with van der Waals surface area (Å²) in [4.78, 5) is 0. The number of fused-ring (bicyclic) bond motifs is 1. The fourth-order valence-corrected chi connectivity index (χ4v) is 3.67. The molecule has 0 heterocycles. The number of hydrogen-bond acceptors (Lipinski definition) is 0. The average Bonchev–Trinajstić information content (AvgIpc) is 2.97. The molecule has 0 saturated carbocycles. The summed E-state index contributed by atoms with van der Waals surface area (Å²) < 4.78 is 0. The van der Waals surface area contributed by atoms with Gasteiger partial charge in [0.2, 0.25) is 0 Å². The summed E-state index contributed by atoms with van der Waals surface area (Å²) in [6, 6.07) is 14.0. The van der Waals surface area contributed by atoms with E-state index in [1.165, 1.54) is 46.2 Å². The van der Waals surface area contributed by atoms with Crippen LogP contribution >= 0.6 is 0 Å². The van der Waals surface area contributed by atoms with E-state index in [1.807, 2.05) is 0 Å². The van der Waals surface area contributed by atoms with Gasteiger partial charge in [-0.1, -0.05) is 89.1 Å². The summed E-state index contributed by atoms with van der Waals surface area (Å²) in [5.41, 5.74) is 10.2. The highest BCUT2D eigenvalue weighted by molar-refractivity contribution is 5.81. The Morgan fingerprint density at radius 3 is 2.17 bits per heavy atom. The van der Waals surface area contributed by atoms with Crippen LogP contribution in [0.2, 0.25) is 0 Å². The molecule has 0 fully saturated rings. The summed E-state index contributed by atoms with van der Waals surface area (Å²) >= 11 is 0. The van der Waals surface area contributed by atoms with Crippen molar-refractivity contribution in [3.8, 4) is 11.1 Å². The van der Waals surface area contributed by atoms with Gasteiger partial charge < -0.3 is 0 Å². The first-order chi connectivity index (χ1) is 11.5. The third kappa shape index (κ3) is 3.34. The van der Waals surface area contributed by atoms with E-state index in [-0.39, 0.29) is 0 Å². The minimum absolute atomic E-state index is 0.561. The van der Waals surface area contributed by atoms with Crippen LogP contribution in [0, 0.1) is 0 Å². The van der Waals surface area contributed by atoms with Gasteiger partial charge in [-0.15, -0.1) is 0 Å². The van der Waals surface area contributed by atoms with Crippen molar-refractivity contribution in [1.29, 1.82) is 0 Å². The van der Waals surface area contributed by atoms with E-state index in [2.05, 4.69) is 77.1 Å². The van der Waals surface area contributed by atoms with Crippen LogP contribution in [0.4, 0.5) is 0 Å². The fourth-order valence-electron chi connectivity index (χ4n) is 3.67. The SMILES string of the molecule is CCCC1=Cc2c(cccc2-c2cc(C(C)C)cc(C(C)C)c2)C1. The van der Waals surface area contributed by atoms with Crippen LogP contribution in [0.5, 0.6) is 0 Å². The molecule has 3 rings (SSSR count). The molecule has 2 aromatic rings. The molecule has 2 aromatic carbocycles. The van der Waals surface area contributed by atoms with Crippen molar-refractivity contribution in [1.82, 2.24) is 0 Å². The van der Waals surface area contributed by atoms with Crippen LogP contribution in [0.25, 0.3) is 17.2 Å². The minimum Gasteiger partial charge on any atom is -0.0652 e. The number of rotatable bonds is 5. The van der Waals surface area contributed by atoms with Crippen molar-refractivity contribution in [2.45, 2.75) is 65.7 Å². The molecular formula is C24H30. The minimum atomic E-state index is 0.561. The quantitative estimate of drug-likeness (QED) is 0.541. The third-order valence-electron chi connectivity index (χ3n) is 5.16. The van der Waals surface area contributed by atoms with E-state index in [0.717, 1.165) is 6.42 Å². The van der Waals surface area contributed by atoms with Gasteiger partial charge >= 0.3 is 0 Å². The lowest BCUT2D eigenvalue weighted by Crippen LogP contribution is -1.96. The van der Waals surface area contributed by atoms with Crippen molar-refractivity contribution in [3.63, 3.8) is 0 Å². The standard InChI is InChI=1S/C24H30/c1-6-8-18-11-19-9-7-10-23(24(19)12-18)22-14-20(16(2)3)13-21(15-22)17(4)5/h7,9-10,12-17H,6,8,11H2,1-5H3. The Morgan fingerprint density at radius 1 is 0.917 bits per heavy atom. The highest BCUT2D eigenvalue weighted by Crippen LogP contribution is 2.37. The third-order valence-corrected chi connectivity index (χ3v) is 5.16. The monoisotopic (exact) mass is 318 g/mol. The van der Waals surface area contributed by atoms with Gasteiger partial charge in [0.05, 0.1) is 0 Å². The molecule has 1 aliphatic rings. The first kappa shape index (κ1) is 17.0. The van der Waals surface area contributed by atoms with Crippen molar-refractivity contribution >= 4 is 6.08 Å². The molecule has 24 heavy (non-hydrogen) atoms. The predicted molar refractivity (Wildman–Crippen MR) is 107 cm³/mol. The van der Waals surface area contributed by atoms with E-state index in [1.54, 1.807) is 5.57 Å². The molecule has 0 bridgehead atoms. The Labute approximate surface area is 147 Å². The fraction of sp³-hybridized carbons (Fsp3) is 0.417. The van der Waals surface area contributed by atoms with Crippen LogP contribution in [-0.4, -0.2) is 0 Å². The second kappa shape index (κ2) is 6.97. The lowest BCUT2D eigenvalue weighted by atomic mass is 9.89. The normalized spacial score (nSPS) is 13.5. The second-order valence-corrected chi connectivity index (χ2v) is 7.81. The van der Waals surface area contributed by atoms with E-state index in [4.69, 9.17) is 0 Å². The van der Waals surface area contributed by atoms with Gasteiger partial charge in [0.1, 0.15) is 0 Å². The van der Waals surface area contributed by atoms with Gasteiger partial charge in [0.15, 0.2) is 0 Å². The van der Waals surface area contributed by atoms with Gasteiger partial charge in [-0.05, 0) is 58.1 Å². The molecule has 0 heteroatoms. The topological polar surface area (TPSA) is 0 Å². The first-order valence-electron chi connectivity index (χ1n) is 9.46. The summed E-state index contributed by atoms with van der Waals surface area (Å²) in [6.45, 7) is 11.4. The first-order valence-corrected chi connectivity index (χ1v) is 9.46. The predicted octanol–water partition coefficient (Wildman–Crippen LogP) is 7.34. The Balaban J connectivity index is 2.12. The maximum atomic E-state index is 2.45. The van der Waals surface area contributed by atoms with Crippen LogP contribution in [-0.2, 0) is 6.42 Å². The van der Waals surface area contributed by atoms with Crippen molar-refractivity contribution in [2.24, 2.45) is 0 Å². The molecule has 0 atom stereocenters. The zero-order chi connectivity index (χ0) is 17.3. The van der Waals surface area contributed by atoms with Crippen LogP contribution in [0.1, 0.15) is 81.5 Å². The van der Waals surface area contributed by atoms with Gasteiger partial charge in [-0.3, -0.25) is 0 Å². The second-order valence-electron chi connectivity index (χ2n) is 7.81. The Morgan fingerprint density at radius 2 is 1.58 bits per heavy atom. The number of allylic oxidation sites excluding steroid dienone is 1. The largest absolute Gasteiger partial charge is 0.0652 e. The molecule has 0 N–H and O–H groups in total. The smallest absolute Gasteiger partial charge is 0.00576 e. The van der Waals surface area contributed by atoms with Gasteiger partial charge in [-0.25, -0.2) is 0 Å². The van der Waals surface area contributed by atoms with Crippen LogP contribution in [0.15, 0.2) is 42.0 Å². The Bertz CT molecular complexity index is 733. The van der Waals surface area contributed by atoms with E-state index in [0.29, 0.717) is 11.8 Å². The molecule has 0 saturated heterocycles. The van der Waals surface area contributed by atoms with Crippen LogP contribution in [0.3, 0.4) is 0 Å². The maximum Gasteiger partial charge on any atom is -0.00576 e.